The van der Waals surface area contributed by atoms with E-state index < -0.39 is 83.8 Å². The van der Waals surface area contributed by atoms with Crippen molar-refractivity contribution < 1.29 is 72.6 Å². The van der Waals surface area contributed by atoms with E-state index in [9.17, 15) is 49.1 Å². The molecule has 9 nitrogen and oxygen atoms in total. The molecule has 1 saturated heterocycles. The first-order chi connectivity index (χ1) is 14.3. The maximum atomic E-state index is 13.3. The Morgan fingerprint density at radius 1 is 1.16 bits per heavy atom. The predicted octanol–water partition coefficient (Wildman–Crippen LogP) is 2.36. The van der Waals surface area contributed by atoms with Crippen molar-refractivity contribution in [3.05, 3.63) is 12.2 Å². The molecule has 0 saturated carbocycles. The number of carbonyl (C=O) groups excluding carboxylic acids is 1. The molecular formula is C15H19F7O9S. The quantitative estimate of drug-likeness (QED) is 0.142. The van der Waals surface area contributed by atoms with Crippen molar-refractivity contribution in [3.8, 4) is 0 Å². The SMILES string of the molecule is C=C(COCCCCC(F)(F)C(F)(F)S(=O)(=O)O)C(=O)OC1CC(O)(C(F)(F)F)OCO1. The van der Waals surface area contributed by atoms with Gasteiger partial charge < -0.3 is 24.1 Å². The van der Waals surface area contributed by atoms with Gasteiger partial charge in [0, 0.05) is 13.0 Å². The molecule has 2 N–H and O–H groups in total. The second kappa shape index (κ2) is 10.2. The number of hydrogen-bond acceptors (Lipinski definition) is 8. The summed E-state index contributed by atoms with van der Waals surface area (Å²) in [5, 5.41) is 3.72. The lowest BCUT2D eigenvalue weighted by molar-refractivity contribution is -0.427. The van der Waals surface area contributed by atoms with Gasteiger partial charge in [-0.15, -0.1) is 0 Å². The maximum absolute atomic E-state index is 13.3. The highest BCUT2D eigenvalue weighted by Gasteiger charge is 2.65. The number of unbranched alkanes of at least 4 members (excludes halogenated alkanes) is 1. The molecule has 0 radical (unpaired) electrons. The summed E-state index contributed by atoms with van der Waals surface area (Å²) in [4.78, 5) is 11.8. The smallest absolute Gasteiger partial charge is 0.432 e. The fourth-order valence-corrected chi connectivity index (χ4v) is 2.65. The summed E-state index contributed by atoms with van der Waals surface area (Å²) in [7, 11) is -6.33. The molecule has 2 unspecified atom stereocenters. The fourth-order valence-electron chi connectivity index (χ4n) is 2.17. The molecule has 0 amide bonds. The highest BCUT2D eigenvalue weighted by Crippen LogP contribution is 2.41. The van der Waals surface area contributed by atoms with Crippen LogP contribution in [0, 0.1) is 0 Å². The Labute approximate surface area is 176 Å². The summed E-state index contributed by atoms with van der Waals surface area (Å²) >= 11 is 0. The van der Waals surface area contributed by atoms with Gasteiger partial charge in [0.15, 0.2) is 6.79 Å². The van der Waals surface area contributed by atoms with Crippen molar-refractivity contribution >= 4 is 16.1 Å². The molecule has 0 aliphatic carbocycles. The zero-order chi connectivity index (χ0) is 25.0. The molecule has 0 aromatic rings. The van der Waals surface area contributed by atoms with E-state index in [0.717, 1.165) is 0 Å². The summed E-state index contributed by atoms with van der Waals surface area (Å²) < 4.78 is 138. The average molecular weight is 508 g/mol. The minimum atomic E-state index is -6.33. The third-order valence-electron chi connectivity index (χ3n) is 4.02. The molecule has 2 atom stereocenters. The summed E-state index contributed by atoms with van der Waals surface area (Å²) in [6.07, 6.45) is -10.8. The van der Waals surface area contributed by atoms with Gasteiger partial charge in [-0.25, -0.2) is 4.79 Å². The second-order valence-electron chi connectivity index (χ2n) is 6.56. The molecule has 0 aromatic carbocycles. The number of ether oxygens (including phenoxy) is 4. The number of carbonyl (C=O) groups is 1. The molecule has 1 heterocycles. The highest BCUT2D eigenvalue weighted by molar-refractivity contribution is 7.87. The molecule has 1 rings (SSSR count). The third-order valence-corrected chi connectivity index (χ3v) is 4.97. The summed E-state index contributed by atoms with van der Waals surface area (Å²) in [5.74, 6) is -9.90. The van der Waals surface area contributed by atoms with E-state index in [-0.39, 0.29) is 13.0 Å². The molecule has 0 bridgehead atoms. The van der Waals surface area contributed by atoms with Gasteiger partial charge in [-0.2, -0.15) is 39.2 Å². The van der Waals surface area contributed by atoms with Crippen LogP contribution in [-0.4, -0.2) is 73.5 Å². The predicted molar refractivity (Wildman–Crippen MR) is 87.8 cm³/mol. The Bertz CT molecular complexity index is 785. The van der Waals surface area contributed by atoms with Crippen molar-refractivity contribution in [3.63, 3.8) is 0 Å². The topological polar surface area (TPSA) is 129 Å². The number of halogens is 7. The molecule has 1 aliphatic rings. The first-order valence-corrected chi connectivity index (χ1v) is 10.0. The van der Waals surface area contributed by atoms with Gasteiger partial charge in [-0.05, 0) is 12.8 Å². The summed E-state index contributed by atoms with van der Waals surface area (Å²) in [6, 6.07) is 0. The van der Waals surface area contributed by atoms with E-state index in [0.29, 0.717) is 0 Å². The van der Waals surface area contributed by atoms with Crippen LogP contribution < -0.4 is 0 Å². The molecule has 17 heteroatoms. The van der Waals surface area contributed by atoms with Gasteiger partial charge in [0.2, 0.25) is 6.29 Å². The number of esters is 1. The minimum absolute atomic E-state index is 0.291. The Kier molecular flexibility index (Phi) is 9.06. The van der Waals surface area contributed by atoms with Crippen molar-refractivity contribution in [1.82, 2.24) is 0 Å². The van der Waals surface area contributed by atoms with E-state index in [4.69, 9.17) is 9.29 Å². The van der Waals surface area contributed by atoms with Gasteiger partial charge in [0.25, 0.3) is 5.79 Å². The Hall–Kier alpha value is -1.53. The lowest BCUT2D eigenvalue weighted by atomic mass is 10.1. The second-order valence-corrected chi connectivity index (χ2v) is 8.02. The molecule has 188 valence electrons. The molecular weight excluding hydrogens is 489 g/mol. The highest BCUT2D eigenvalue weighted by atomic mass is 32.2. The lowest BCUT2D eigenvalue weighted by Gasteiger charge is -2.36. The molecule has 0 aromatic heterocycles. The Morgan fingerprint density at radius 2 is 1.75 bits per heavy atom. The minimum Gasteiger partial charge on any atom is -0.432 e. The van der Waals surface area contributed by atoms with Gasteiger partial charge in [0.1, 0.15) is 0 Å². The third kappa shape index (κ3) is 6.98. The van der Waals surface area contributed by atoms with Crippen LogP contribution in [0.15, 0.2) is 12.2 Å². The van der Waals surface area contributed by atoms with Crippen LogP contribution in [0.4, 0.5) is 30.7 Å². The number of alkyl halides is 7. The first kappa shape index (κ1) is 28.5. The summed E-state index contributed by atoms with van der Waals surface area (Å²) in [6.45, 7) is 1.25. The average Bonchev–Trinajstić information content (AvgIpc) is 2.62. The fraction of sp³-hybridized carbons (Fsp3) is 0.800. The van der Waals surface area contributed by atoms with Gasteiger partial charge in [0.05, 0.1) is 18.6 Å². The first-order valence-electron chi connectivity index (χ1n) is 8.58. The van der Waals surface area contributed by atoms with Crippen molar-refractivity contribution in [1.29, 1.82) is 0 Å². The van der Waals surface area contributed by atoms with Crippen LogP contribution in [0.5, 0.6) is 0 Å². The van der Waals surface area contributed by atoms with Gasteiger partial charge >= 0.3 is 33.4 Å². The van der Waals surface area contributed by atoms with Crippen molar-refractivity contribution in [2.24, 2.45) is 0 Å². The van der Waals surface area contributed by atoms with Crippen molar-refractivity contribution in [2.75, 3.05) is 20.0 Å². The standard InChI is InChI=1S/C15H19F7O9S/c1-9(11(23)31-10-6-13(24,14(18,19)20)30-8-29-10)7-28-5-3-2-4-12(16,17)15(21,22)32(25,26)27/h10,24H,1-8H2,(H,25,26,27). The molecule has 1 fully saturated rings. The van der Waals surface area contributed by atoms with Crippen LogP contribution >= 0.6 is 0 Å². The van der Waals surface area contributed by atoms with Crippen LogP contribution in [0.1, 0.15) is 25.7 Å². The van der Waals surface area contributed by atoms with Crippen LogP contribution in [0.25, 0.3) is 0 Å². The number of aliphatic hydroxyl groups is 1. The normalized spacial score (nSPS) is 23.1. The Morgan fingerprint density at radius 3 is 2.28 bits per heavy atom. The number of rotatable bonds is 11. The molecule has 1 aliphatic heterocycles. The van der Waals surface area contributed by atoms with Crippen molar-refractivity contribution in [2.45, 2.75) is 55.1 Å². The van der Waals surface area contributed by atoms with Crippen LogP contribution in [0.2, 0.25) is 0 Å². The number of hydrogen-bond donors (Lipinski definition) is 2. The van der Waals surface area contributed by atoms with E-state index in [1.807, 2.05) is 0 Å². The molecule has 0 spiro atoms. The Balaban J connectivity index is 2.38. The van der Waals surface area contributed by atoms with Gasteiger partial charge in [-0.1, -0.05) is 6.58 Å². The van der Waals surface area contributed by atoms with E-state index >= 15 is 0 Å². The van der Waals surface area contributed by atoms with Crippen LogP contribution in [-0.2, 0) is 33.9 Å². The largest absolute Gasteiger partial charge is 0.443 e. The zero-order valence-electron chi connectivity index (χ0n) is 16.0. The zero-order valence-corrected chi connectivity index (χ0v) is 16.9. The van der Waals surface area contributed by atoms with Gasteiger partial charge in [-0.3, -0.25) is 4.55 Å². The monoisotopic (exact) mass is 508 g/mol. The summed E-state index contributed by atoms with van der Waals surface area (Å²) in [5.41, 5.74) is -0.432. The van der Waals surface area contributed by atoms with Crippen LogP contribution in [0.3, 0.4) is 0 Å². The van der Waals surface area contributed by atoms with E-state index in [1.54, 1.807) is 0 Å². The van der Waals surface area contributed by atoms with E-state index in [1.165, 1.54) is 0 Å². The van der Waals surface area contributed by atoms with E-state index in [2.05, 4.69) is 20.8 Å². The molecule has 32 heavy (non-hydrogen) atoms. The lowest BCUT2D eigenvalue weighted by Crippen LogP contribution is -2.54. The maximum Gasteiger partial charge on any atom is 0.443 e.